The van der Waals surface area contributed by atoms with Gasteiger partial charge in [-0.1, -0.05) is 58.8 Å². The first-order chi connectivity index (χ1) is 16.5. The first kappa shape index (κ1) is 24.6. The highest BCUT2D eigenvalue weighted by molar-refractivity contribution is 5.94. The van der Waals surface area contributed by atoms with Crippen LogP contribution >= 0.6 is 0 Å². The van der Waals surface area contributed by atoms with Gasteiger partial charge in [0.25, 0.3) is 5.91 Å². The molecule has 0 spiro atoms. The summed E-state index contributed by atoms with van der Waals surface area (Å²) in [7, 11) is 0. The summed E-state index contributed by atoms with van der Waals surface area (Å²) in [5.41, 5.74) is 19.2. The molecule has 1 heterocycles. The Hall–Kier alpha value is -4.08. The van der Waals surface area contributed by atoms with Gasteiger partial charge in [0.15, 0.2) is 6.29 Å². The normalized spacial score (nSPS) is 23.6. The lowest BCUT2D eigenvalue weighted by atomic mass is 9.91. The van der Waals surface area contributed by atoms with E-state index in [0.29, 0.717) is 5.56 Å². The summed E-state index contributed by atoms with van der Waals surface area (Å²) < 4.78 is 12.0. The zero-order valence-corrected chi connectivity index (χ0v) is 18.4. The average Bonchev–Trinajstić information content (AvgIpc) is 2.85. The molecule has 1 saturated heterocycles. The SMILES string of the molecule is CC(=O)N[C@H]1[C@H](OCc2ccccc2)O[C@@H](CN=[N+]=[N-])[C@@H](N=[N+]=[N-])[C@H]1NC(=O)c1ccccc1. The first-order valence-electron chi connectivity index (χ1n) is 10.5. The zero-order chi connectivity index (χ0) is 24.3. The predicted molar refractivity (Wildman–Crippen MR) is 122 cm³/mol. The summed E-state index contributed by atoms with van der Waals surface area (Å²) in [5.74, 6) is -0.834. The molecule has 1 fully saturated rings. The minimum atomic E-state index is -1.03. The molecule has 12 nitrogen and oxygen atoms in total. The van der Waals surface area contributed by atoms with Crippen molar-refractivity contribution in [2.24, 2.45) is 10.2 Å². The molecule has 0 aliphatic carbocycles. The third kappa shape index (κ3) is 6.47. The van der Waals surface area contributed by atoms with Crippen LogP contribution < -0.4 is 10.6 Å². The second kappa shape index (κ2) is 12.2. The van der Waals surface area contributed by atoms with E-state index in [0.717, 1.165) is 5.56 Å². The van der Waals surface area contributed by atoms with Gasteiger partial charge in [0.05, 0.1) is 31.3 Å². The number of amides is 2. The fourth-order valence-electron chi connectivity index (χ4n) is 3.71. The van der Waals surface area contributed by atoms with Crippen molar-refractivity contribution in [3.05, 3.63) is 92.7 Å². The number of azide groups is 2. The Morgan fingerprint density at radius 2 is 1.68 bits per heavy atom. The number of nitrogens with zero attached hydrogens (tertiary/aromatic N) is 6. The van der Waals surface area contributed by atoms with Gasteiger partial charge in [-0.15, -0.1) is 0 Å². The van der Waals surface area contributed by atoms with Gasteiger partial charge in [-0.05, 0) is 28.8 Å². The van der Waals surface area contributed by atoms with E-state index >= 15 is 0 Å². The number of hydrogen-bond acceptors (Lipinski definition) is 6. The molecule has 34 heavy (non-hydrogen) atoms. The molecule has 0 aromatic heterocycles. The molecule has 3 rings (SSSR count). The second-order valence-corrected chi connectivity index (χ2v) is 7.54. The van der Waals surface area contributed by atoms with E-state index in [1.165, 1.54) is 6.92 Å². The van der Waals surface area contributed by atoms with E-state index in [1.807, 2.05) is 30.3 Å². The summed E-state index contributed by atoms with van der Waals surface area (Å²) in [6.07, 6.45) is -1.94. The van der Waals surface area contributed by atoms with Crippen LogP contribution in [0, 0.1) is 0 Å². The van der Waals surface area contributed by atoms with E-state index in [9.17, 15) is 15.1 Å². The number of benzene rings is 2. The standard InChI is InChI=1S/C22H24N8O4/c1-14(31)26-20-19(27-21(32)16-10-6-3-7-11-16)18(28-30-24)17(12-25-29-23)34-22(20)33-13-15-8-4-2-5-9-15/h2-11,17-20,22H,12-13H2,1H3,(H,26,31)(H,27,32)/t17-,18+,19+,20+,22+/m0/s1. The molecular formula is C22H24N8O4. The molecule has 12 heteroatoms. The van der Waals surface area contributed by atoms with Crippen LogP contribution in [0.2, 0.25) is 0 Å². The van der Waals surface area contributed by atoms with E-state index in [1.54, 1.807) is 30.3 Å². The van der Waals surface area contributed by atoms with Crippen molar-refractivity contribution in [2.75, 3.05) is 6.54 Å². The van der Waals surface area contributed by atoms with Crippen LogP contribution in [-0.2, 0) is 20.9 Å². The Bertz CT molecular complexity index is 1070. The Morgan fingerprint density at radius 3 is 2.29 bits per heavy atom. The van der Waals surface area contributed by atoms with E-state index < -0.39 is 42.3 Å². The summed E-state index contributed by atoms with van der Waals surface area (Å²) in [6.45, 7) is 1.30. The summed E-state index contributed by atoms with van der Waals surface area (Å²) in [4.78, 5) is 30.7. The first-order valence-corrected chi connectivity index (χ1v) is 10.5. The molecule has 1 aliphatic heterocycles. The number of carbonyl (C=O) groups is 2. The molecule has 1 aliphatic rings. The zero-order valence-electron chi connectivity index (χ0n) is 18.4. The average molecular weight is 464 g/mol. The number of nitrogens with one attached hydrogen (secondary N) is 2. The van der Waals surface area contributed by atoms with Crippen molar-refractivity contribution >= 4 is 11.8 Å². The lowest BCUT2D eigenvalue weighted by Crippen LogP contribution is -2.68. The molecule has 2 aromatic rings. The van der Waals surface area contributed by atoms with Gasteiger partial charge in [-0.3, -0.25) is 9.59 Å². The van der Waals surface area contributed by atoms with Gasteiger partial charge in [0.1, 0.15) is 6.04 Å². The molecule has 2 N–H and O–H groups in total. The van der Waals surface area contributed by atoms with Crippen LogP contribution in [0.3, 0.4) is 0 Å². The minimum Gasteiger partial charge on any atom is -0.347 e. The fraction of sp³-hybridized carbons (Fsp3) is 0.364. The Morgan fingerprint density at radius 1 is 1.00 bits per heavy atom. The molecule has 2 aromatic carbocycles. The van der Waals surface area contributed by atoms with Crippen LogP contribution in [0.1, 0.15) is 22.8 Å². The number of hydrogen-bond donors (Lipinski definition) is 2. The van der Waals surface area contributed by atoms with Crippen LogP contribution in [0.25, 0.3) is 20.9 Å². The molecule has 176 valence electrons. The fourth-order valence-corrected chi connectivity index (χ4v) is 3.71. The summed E-state index contributed by atoms with van der Waals surface area (Å²) in [6, 6.07) is 15.0. The van der Waals surface area contributed by atoms with Gasteiger partial charge in [-0.25, -0.2) is 0 Å². The van der Waals surface area contributed by atoms with Gasteiger partial charge in [0.2, 0.25) is 5.91 Å². The quantitative estimate of drug-likeness (QED) is 0.329. The van der Waals surface area contributed by atoms with Gasteiger partial charge in [-0.2, -0.15) is 0 Å². The van der Waals surface area contributed by atoms with Crippen LogP contribution in [0.4, 0.5) is 0 Å². The molecular weight excluding hydrogens is 440 g/mol. The highest BCUT2D eigenvalue weighted by atomic mass is 16.7. The van der Waals surface area contributed by atoms with E-state index in [-0.39, 0.29) is 13.2 Å². The van der Waals surface area contributed by atoms with Gasteiger partial charge in [0, 0.05) is 22.3 Å². The Kier molecular flexibility index (Phi) is 8.84. The molecule has 0 saturated carbocycles. The Labute approximate surface area is 195 Å². The number of rotatable bonds is 9. The van der Waals surface area contributed by atoms with Crippen LogP contribution in [-0.4, -0.2) is 48.9 Å². The van der Waals surface area contributed by atoms with Crippen molar-refractivity contribution in [3.8, 4) is 0 Å². The van der Waals surface area contributed by atoms with Crippen molar-refractivity contribution < 1.29 is 19.1 Å². The lowest BCUT2D eigenvalue weighted by molar-refractivity contribution is -0.221. The third-order valence-corrected chi connectivity index (χ3v) is 5.21. The van der Waals surface area contributed by atoms with Crippen molar-refractivity contribution in [1.29, 1.82) is 0 Å². The number of carbonyl (C=O) groups excluding carboxylic acids is 2. The third-order valence-electron chi connectivity index (χ3n) is 5.21. The molecule has 0 unspecified atom stereocenters. The molecule has 0 radical (unpaired) electrons. The summed E-state index contributed by atoms with van der Waals surface area (Å²) in [5, 5.41) is 13.0. The Balaban J connectivity index is 1.95. The number of ether oxygens (including phenoxy) is 2. The second-order valence-electron chi connectivity index (χ2n) is 7.54. The van der Waals surface area contributed by atoms with Crippen molar-refractivity contribution in [1.82, 2.24) is 10.6 Å². The van der Waals surface area contributed by atoms with Gasteiger partial charge < -0.3 is 20.1 Å². The highest BCUT2D eigenvalue weighted by Gasteiger charge is 2.47. The highest BCUT2D eigenvalue weighted by Crippen LogP contribution is 2.26. The monoisotopic (exact) mass is 464 g/mol. The maximum atomic E-state index is 13.0. The van der Waals surface area contributed by atoms with E-state index in [4.69, 9.17) is 15.0 Å². The summed E-state index contributed by atoms with van der Waals surface area (Å²) >= 11 is 0. The molecule has 2 amide bonds. The van der Waals surface area contributed by atoms with Crippen molar-refractivity contribution in [3.63, 3.8) is 0 Å². The van der Waals surface area contributed by atoms with Crippen LogP contribution in [0.5, 0.6) is 0 Å². The minimum absolute atomic E-state index is 0.154. The largest absolute Gasteiger partial charge is 0.347 e. The van der Waals surface area contributed by atoms with Gasteiger partial charge >= 0.3 is 0 Å². The smallest absolute Gasteiger partial charge is 0.251 e. The van der Waals surface area contributed by atoms with Crippen LogP contribution in [0.15, 0.2) is 70.9 Å². The predicted octanol–water partition coefficient (Wildman–Crippen LogP) is 3.22. The molecule has 5 atom stereocenters. The maximum absolute atomic E-state index is 13.0. The van der Waals surface area contributed by atoms with Crippen molar-refractivity contribution in [2.45, 2.75) is 44.1 Å². The van der Waals surface area contributed by atoms with E-state index in [2.05, 4.69) is 30.7 Å². The maximum Gasteiger partial charge on any atom is 0.251 e. The lowest BCUT2D eigenvalue weighted by Gasteiger charge is -2.45. The molecule has 0 bridgehead atoms. The topological polar surface area (TPSA) is 174 Å².